The molecule has 3 fully saturated rings. The molecule has 0 aromatic carbocycles. The predicted octanol–water partition coefficient (Wildman–Crippen LogP) is 1.60. The standard InChI is InChI=1S/C17H31N3O2/c1-13-3-2-8-20(12-13)16(18)19-11-14-4-5-17(15(14)21)6-9-22-10-7-17/h13-15,21H,2-12H2,1H3,(H2,18,19). The van der Waals surface area contributed by atoms with Crippen LogP contribution in [0.3, 0.4) is 0 Å². The van der Waals surface area contributed by atoms with Crippen LogP contribution in [0.5, 0.6) is 0 Å². The molecular weight excluding hydrogens is 278 g/mol. The van der Waals surface area contributed by atoms with E-state index in [9.17, 15) is 5.11 Å². The Kier molecular flexibility index (Phi) is 4.93. The monoisotopic (exact) mass is 309 g/mol. The van der Waals surface area contributed by atoms with Crippen LogP contribution in [0.25, 0.3) is 0 Å². The maximum Gasteiger partial charge on any atom is 0.191 e. The van der Waals surface area contributed by atoms with Crippen LogP contribution < -0.4 is 5.73 Å². The van der Waals surface area contributed by atoms with Crippen LogP contribution >= 0.6 is 0 Å². The summed E-state index contributed by atoms with van der Waals surface area (Å²) in [6, 6.07) is 0. The van der Waals surface area contributed by atoms with Crippen molar-refractivity contribution in [2.24, 2.45) is 28.0 Å². The van der Waals surface area contributed by atoms with Gasteiger partial charge in [-0.05, 0) is 44.4 Å². The Morgan fingerprint density at radius 2 is 2.09 bits per heavy atom. The third-order valence-electron chi connectivity index (χ3n) is 6.04. The number of rotatable bonds is 2. The molecule has 1 aliphatic carbocycles. The van der Waals surface area contributed by atoms with Gasteiger partial charge in [0, 0.05) is 44.2 Å². The molecule has 0 radical (unpaired) electrons. The molecule has 22 heavy (non-hydrogen) atoms. The molecule has 1 spiro atoms. The van der Waals surface area contributed by atoms with Gasteiger partial charge < -0.3 is 20.5 Å². The number of hydrogen-bond donors (Lipinski definition) is 2. The van der Waals surface area contributed by atoms with Gasteiger partial charge in [0.1, 0.15) is 0 Å². The number of likely N-dealkylation sites (tertiary alicyclic amines) is 1. The van der Waals surface area contributed by atoms with Crippen molar-refractivity contribution in [2.75, 3.05) is 32.8 Å². The number of nitrogens with two attached hydrogens (primary N) is 1. The normalized spacial score (nSPS) is 36.0. The molecule has 126 valence electrons. The third-order valence-corrected chi connectivity index (χ3v) is 6.04. The Bertz CT molecular complexity index is 407. The van der Waals surface area contributed by atoms with Crippen LogP contribution in [0.2, 0.25) is 0 Å². The number of aliphatic hydroxyl groups is 1. The highest BCUT2D eigenvalue weighted by Gasteiger charge is 2.48. The molecule has 0 aromatic heterocycles. The van der Waals surface area contributed by atoms with E-state index in [1.54, 1.807) is 0 Å². The molecule has 3 rings (SSSR count). The Morgan fingerprint density at radius 1 is 1.32 bits per heavy atom. The SMILES string of the molecule is CC1CCCN(C(N)=NCC2CCC3(CCOCC3)C2O)C1. The summed E-state index contributed by atoms with van der Waals surface area (Å²) in [6.45, 7) is 6.56. The summed E-state index contributed by atoms with van der Waals surface area (Å²) in [6.07, 6.45) is 6.41. The molecule has 5 heteroatoms. The molecule has 0 amide bonds. The van der Waals surface area contributed by atoms with Crippen LogP contribution in [0, 0.1) is 17.3 Å². The summed E-state index contributed by atoms with van der Waals surface area (Å²) in [5, 5.41) is 10.8. The van der Waals surface area contributed by atoms with E-state index in [0.29, 0.717) is 18.4 Å². The van der Waals surface area contributed by atoms with E-state index in [4.69, 9.17) is 10.5 Å². The van der Waals surface area contributed by atoms with Crippen molar-refractivity contribution in [2.45, 2.75) is 51.6 Å². The second kappa shape index (κ2) is 6.75. The first-order chi connectivity index (χ1) is 10.6. The first-order valence-electron chi connectivity index (χ1n) is 8.91. The molecule has 3 atom stereocenters. The summed E-state index contributed by atoms with van der Waals surface area (Å²) in [5.41, 5.74) is 6.27. The second-order valence-corrected chi connectivity index (χ2v) is 7.61. The number of guanidine groups is 1. The third kappa shape index (κ3) is 3.25. The van der Waals surface area contributed by atoms with Crippen molar-refractivity contribution in [1.29, 1.82) is 0 Å². The molecular formula is C17H31N3O2. The van der Waals surface area contributed by atoms with Gasteiger partial charge in [0.05, 0.1) is 6.10 Å². The summed E-state index contributed by atoms with van der Waals surface area (Å²) < 4.78 is 5.46. The highest BCUT2D eigenvalue weighted by Crippen LogP contribution is 2.48. The van der Waals surface area contributed by atoms with E-state index in [1.165, 1.54) is 12.8 Å². The minimum atomic E-state index is -0.242. The van der Waals surface area contributed by atoms with Gasteiger partial charge in [-0.15, -0.1) is 0 Å². The summed E-state index contributed by atoms with van der Waals surface area (Å²) in [4.78, 5) is 6.83. The van der Waals surface area contributed by atoms with Gasteiger partial charge in [-0.3, -0.25) is 4.99 Å². The molecule has 3 unspecified atom stereocenters. The zero-order valence-corrected chi connectivity index (χ0v) is 13.8. The lowest BCUT2D eigenvalue weighted by atomic mass is 9.76. The fraction of sp³-hybridized carbons (Fsp3) is 0.941. The highest BCUT2D eigenvalue weighted by atomic mass is 16.5. The molecule has 3 aliphatic rings. The zero-order chi connectivity index (χ0) is 15.6. The van der Waals surface area contributed by atoms with Gasteiger partial charge in [0.15, 0.2) is 5.96 Å². The topological polar surface area (TPSA) is 71.1 Å². The quantitative estimate of drug-likeness (QED) is 0.600. The van der Waals surface area contributed by atoms with Gasteiger partial charge >= 0.3 is 0 Å². The number of nitrogens with zero attached hydrogens (tertiary/aromatic N) is 2. The van der Waals surface area contributed by atoms with Crippen molar-refractivity contribution in [3.63, 3.8) is 0 Å². The predicted molar refractivity (Wildman–Crippen MR) is 87.7 cm³/mol. The average Bonchev–Trinajstić information content (AvgIpc) is 2.82. The van der Waals surface area contributed by atoms with Gasteiger partial charge in [-0.2, -0.15) is 0 Å². The smallest absolute Gasteiger partial charge is 0.191 e. The van der Waals surface area contributed by atoms with Gasteiger partial charge in [0.2, 0.25) is 0 Å². The van der Waals surface area contributed by atoms with E-state index in [0.717, 1.165) is 52.0 Å². The molecule has 2 heterocycles. The van der Waals surface area contributed by atoms with Crippen molar-refractivity contribution < 1.29 is 9.84 Å². The maximum atomic E-state index is 10.8. The van der Waals surface area contributed by atoms with Gasteiger partial charge in [-0.25, -0.2) is 0 Å². The van der Waals surface area contributed by atoms with Crippen molar-refractivity contribution in [3.8, 4) is 0 Å². The summed E-state index contributed by atoms with van der Waals surface area (Å²) >= 11 is 0. The van der Waals surface area contributed by atoms with Crippen molar-refractivity contribution in [1.82, 2.24) is 4.90 Å². The fourth-order valence-electron chi connectivity index (χ4n) is 4.50. The van der Waals surface area contributed by atoms with Crippen molar-refractivity contribution >= 4 is 5.96 Å². The fourth-order valence-corrected chi connectivity index (χ4v) is 4.50. The lowest BCUT2D eigenvalue weighted by molar-refractivity contribution is -0.0549. The number of aliphatic hydroxyl groups excluding tert-OH is 1. The molecule has 0 aromatic rings. The Hall–Kier alpha value is -0.810. The minimum absolute atomic E-state index is 0.0901. The molecule has 3 N–H and O–H groups in total. The van der Waals surface area contributed by atoms with Crippen LogP contribution in [0.1, 0.15) is 45.4 Å². The van der Waals surface area contributed by atoms with Crippen LogP contribution in [-0.2, 0) is 4.74 Å². The molecule has 2 aliphatic heterocycles. The highest BCUT2D eigenvalue weighted by molar-refractivity contribution is 5.78. The Labute approximate surface area is 133 Å². The lowest BCUT2D eigenvalue weighted by Gasteiger charge is -2.37. The van der Waals surface area contributed by atoms with Crippen LogP contribution in [-0.4, -0.2) is 54.9 Å². The van der Waals surface area contributed by atoms with Crippen LogP contribution in [0.4, 0.5) is 0 Å². The Balaban J connectivity index is 1.56. The lowest BCUT2D eigenvalue weighted by Crippen LogP contribution is -2.44. The van der Waals surface area contributed by atoms with Gasteiger partial charge in [0.25, 0.3) is 0 Å². The molecule has 2 saturated heterocycles. The summed E-state index contributed by atoms with van der Waals surface area (Å²) in [7, 11) is 0. The first-order valence-corrected chi connectivity index (χ1v) is 8.91. The largest absolute Gasteiger partial charge is 0.392 e. The van der Waals surface area contributed by atoms with E-state index >= 15 is 0 Å². The minimum Gasteiger partial charge on any atom is -0.392 e. The summed E-state index contributed by atoms with van der Waals surface area (Å²) in [5.74, 6) is 1.63. The van der Waals surface area contributed by atoms with E-state index in [-0.39, 0.29) is 17.4 Å². The first kappa shape index (κ1) is 16.1. The molecule has 5 nitrogen and oxygen atoms in total. The zero-order valence-electron chi connectivity index (χ0n) is 13.8. The van der Waals surface area contributed by atoms with E-state index < -0.39 is 0 Å². The maximum absolute atomic E-state index is 10.8. The van der Waals surface area contributed by atoms with E-state index in [2.05, 4.69) is 16.8 Å². The average molecular weight is 309 g/mol. The van der Waals surface area contributed by atoms with Gasteiger partial charge in [-0.1, -0.05) is 6.92 Å². The Morgan fingerprint density at radius 3 is 2.82 bits per heavy atom. The van der Waals surface area contributed by atoms with Crippen LogP contribution in [0.15, 0.2) is 4.99 Å². The molecule has 1 saturated carbocycles. The van der Waals surface area contributed by atoms with Crippen molar-refractivity contribution in [3.05, 3.63) is 0 Å². The number of piperidine rings is 1. The number of ether oxygens (including phenoxy) is 1. The number of hydrogen-bond acceptors (Lipinski definition) is 3. The van der Waals surface area contributed by atoms with E-state index in [1.807, 2.05) is 0 Å². The molecule has 0 bridgehead atoms. The number of aliphatic imine (C=N–C) groups is 1. The second-order valence-electron chi connectivity index (χ2n) is 7.61.